The molecule has 0 saturated carbocycles. The molecule has 2 aromatic rings. The highest BCUT2D eigenvalue weighted by Gasteiger charge is 2.11. The maximum atomic E-state index is 11.8. The Morgan fingerprint density at radius 2 is 1.68 bits per heavy atom. The molecule has 1 aromatic carbocycles. The van der Waals surface area contributed by atoms with Crippen LogP contribution in [0.25, 0.3) is 0 Å². The number of nitrogens with one attached hydrogen (secondary N) is 2. The van der Waals surface area contributed by atoms with E-state index in [1.165, 1.54) is 11.3 Å². The van der Waals surface area contributed by atoms with Gasteiger partial charge in [-0.2, -0.15) is 0 Å². The van der Waals surface area contributed by atoms with Crippen LogP contribution in [-0.4, -0.2) is 11.8 Å². The van der Waals surface area contributed by atoms with Gasteiger partial charge >= 0.3 is 0 Å². The Morgan fingerprint density at radius 1 is 1.05 bits per heavy atom. The Hall–Kier alpha value is -1.66. The first-order valence-electron chi connectivity index (χ1n) is 5.48. The van der Waals surface area contributed by atoms with Gasteiger partial charge in [0.05, 0.1) is 4.88 Å². The number of benzene rings is 1. The quantitative estimate of drug-likeness (QED) is 0.827. The van der Waals surface area contributed by atoms with E-state index >= 15 is 0 Å². The lowest BCUT2D eigenvalue weighted by Crippen LogP contribution is -2.41. The van der Waals surface area contributed by atoms with E-state index in [9.17, 15) is 9.59 Å². The maximum absolute atomic E-state index is 11.8. The number of thiophene rings is 1. The van der Waals surface area contributed by atoms with Crippen LogP contribution in [0.4, 0.5) is 0 Å². The third kappa shape index (κ3) is 3.42. The third-order valence-electron chi connectivity index (χ3n) is 2.46. The van der Waals surface area contributed by atoms with Gasteiger partial charge in [0, 0.05) is 10.0 Å². The first-order valence-corrected chi connectivity index (χ1v) is 7.15. The van der Waals surface area contributed by atoms with Crippen LogP contribution in [0.5, 0.6) is 0 Å². The van der Waals surface area contributed by atoms with Crippen molar-refractivity contribution in [2.24, 2.45) is 0 Å². The lowest BCUT2D eigenvalue weighted by Gasteiger charge is -2.07. The van der Waals surface area contributed by atoms with Crippen LogP contribution in [0.2, 0.25) is 0 Å². The highest BCUT2D eigenvalue weighted by molar-refractivity contribution is 9.10. The Morgan fingerprint density at radius 3 is 2.26 bits per heavy atom. The molecule has 2 N–H and O–H groups in total. The van der Waals surface area contributed by atoms with Gasteiger partial charge in [-0.25, -0.2) is 0 Å². The molecule has 98 valence electrons. The van der Waals surface area contributed by atoms with Crippen LogP contribution in [0.3, 0.4) is 0 Å². The molecular weight excluding hydrogens is 328 g/mol. The van der Waals surface area contributed by atoms with Gasteiger partial charge in [-0.15, -0.1) is 11.3 Å². The van der Waals surface area contributed by atoms with Crippen molar-refractivity contribution in [3.8, 4) is 0 Å². The predicted molar refractivity (Wildman–Crippen MR) is 78.1 cm³/mol. The normalized spacial score (nSPS) is 10.0. The molecule has 0 aliphatic rings. The van der Waals surface area contributed by atoms with E-state index in [0.29, 0.717) is 10.4 Å². The minimum absolute atomic E-state index is 0.307. The molecule has 0 spiro atoms. The molecule has 4 nitrogen and oxygen atoms in total. The van der Waals surface area contributed by atoms with Crippen molar-refractivity contribution < 1.29 is 9.59 Å². The summed E-state index contributed by atoms with van der Waals surface area (Å²) in [5, 5.41) is 1.83. The Bertz CT molecular complexity index is 607. The average molecular weight is 339 g/mol. The number of hydrogen-bond acceptors (Lipinski definition) is 3. The summed E-state index contributed by atoms with van der Waals surface area (Å²) in [7, 11) is 0. The van der Waals surface area contributed by atoms with Crippen molar-refractivity contribution in [2.45, 2.75) is 6.92 Å². The topological polar surface area (TPSA) is 58.2 Å². The van der Waals surface area contributed by atoms with Gasteiger partial charge in [-0.05, 0) is 48.2 Å². The molecule has 0 radical (unpaired) electrons. The molecule has 0 unspecified atom stereocenters. The smallest absolute Gasteiger partial charge is 0.267 e. The number of hydrogen-bond donors (Lipinski definition) is 2. The fourth-order valence-corrected chi connectivity index (χ4v) is 2.53. The number of halogens is 1. The second-order valence-electron chi connectivity index (χ2n) is 3.85. The summed E-state index contributed by atoms with van der Waals surface area (Å²) < 4.78 is 0.891. The summed E-state index contributed by atoms with van der Waals surface area (Å²) in [6.45, 7) is 1.85. The van der Waals surface area contributed by atoms with Crippen LogP contribution >= 0.6 is 27.3 Å². The molecule has 0 aliphatic heterocycles. The summed E-state index contributed by atoms with van der Waals surface area (Å²) in [6, 6.07) is 8.72. The third-order valence-corrected chi connectivity index (χ3v) is 4.01. The lowest BCUT2D eigenvalue weighted by molar-refractivity contribution is 0.0848. The zero-order chi connectivity index (χ0) is 13.8. The standard InChI is InChI=1S/C13H11BrN2O2S/c1-8-6-7-19-11(8)13(18)16-15-12(17)9-2-4-10(14)5-3-9/h2-7H,1H3,(H,15,17)(H,16,18). The van der Waals surface area contributed by atoms with E-state index < -0.39 is 0 Å². The second kappa shape index (κ2) is 5.99. The van der Waals surface area contributed by atoms with Crippen LogP contribution < -0.4 is 10.9 Å². The zero-order valence-electron chi connectivity index (χ0n) is 10.1. The van der Waals surface area contributed by atoms with Gasteiger partial charge in [0.15, 0.2) is 0 Å². The Balaban J connectivity index is 1.96. The molecule has 19 heavy (non-hydrogen) atoms. The van der Waals surface area contributed by atoms with E-state index in [-0.39, 0.29) is 11.8 Å². The molecule has 0 fully saturated rings. The molecule has 2 amide bonds. The molecule has 1 aromatic heterocycles. The number of carbonyl (C=O) groups excluding carboxylic acids is 2. The number of carbonyl (C=O) groups is 2. The van der Waals surface area contributed by atoms with Crippen molar-refractivity contribution in [3.63, 3.8) is 0 Å². The van der Waals surface area contributed by atoms with Crippen LogP contribution in [0, 0.1) is 6.92 Å². The first-order chi connectivity index (χ1) is 9.08. The van der Waals surface area contributed by atoms with E-state index in [1.807, 2.05) is 18.4 Å². The summed E-state index contributed by atoms with van der Waals surface area (Å²) in [5.74, 6) is -0.659. The van der Waals surface area contributed by atoms with Gasteiger partial charge in [0.1, 0.15) is 0 Å². The van der Waals surface area contributed by atoms with Gasteiger partial charge < -0.3 is 0 Å². The van der Waals surface area contributed by atoms with Crippen LogP contribution in [-0.2, 0) is 0 Å². The van der Waals surface area contributed by atoms with Crippen LogP contribution in [0.15, 0.2) is 40.2 Å². The van der Waals surface area contributed by atoms with E-state index in [4.69, 9.17) is 0 Å². The molecule has 0 bridgehead atoms. The summed E-state index contributed by atoms with van der Waals surface area (Å²) in [6.07, 6.45) is 0. The summed E-state index contributed by atoms with van der Waals surface area (Å²) in [4.78, 5) is 24.2. The second-order valence-corrected chi connectivity index (χ2v) is 5.68. The van der Waals surface area contributed by atoms with Crippen molar-refractivity contribution >= 4 is 39.1 Å². The van der Waals surface area contributed by atoms with Gasteiger partial charge in [-0.1, -0.05) is 15.9 Å². The molecule has 0 aliphatic carbocycles. The number of hydrazine groups is 1. The molecule has 2 rings (SSSR count). The summed E-state index contributed by atoms with van der Waals surface area (Å²) in [5.41, 5.74) is 6.15. The van der Waals surface area contributed by atoms with E-state index in [1.54, 1.807) is 24.3 Å². The van der Waals surface area contributed by atoms with Gasteiger partial charge in [-0.3, -0.25) is 20.4 Å². The van der Waals surface area contributed by atoms with Crippen molar-refractivity contribution in [1.82, 2.24) is 10.9 Å². The van der Waals surface area contributed by atoms with E-state index in [2.05, 4.69) is 26.8 Å². The highest BCUT2D eigenvalue weighted by Crippen LogP contribution is 2.14. The lowest BCUT2D eigenvalue weighted by atomic mass is 10.2. The van der Waals surface area contributed by atoms with Gasteiger partial charge in [0.25, 0.3) is 11.8 Å². The minimum atomic E-state index is -0.352. The molecule has 6 heteroatoms. The number of amides is 2. The van der Waals surface area contributed by atoms with Crippen molar-refractivity contribution in [3.05, 3.63) is 56.2 Å². The highest BCUT2D eigenvalue weighted by atomic mass is 79.9. The molecule has 0 atom stereocenters. The minimum Gasteiger partial charge on any atom is -0.267 e. The Labute approximate surface area is 122 Å². The molecular formula is C13H11BrN2O2S. The van der Waals surface area contributed by atoms with Crippen molar-refractivity contribution in [2.75, 3.05) is 0 Å². The Kier molecular flexibility index (Phi) is 4.34. The van der Waals surface area contributed by atoms with Gasteiger partial charge in [0.2, 0.25) is 0 Å². The number of rotatable bonds is 2. The van der Waals surface area contributed by atoms with Crippen molar-refractivity contribution in [1.29, 1.82) is 0 Å². The first kappa shape index (κ1) is 13.8. The SMILES string of the molecule is Cc1ccsc1C(=O)NNC(=O)c1ccc(Br)cc1. The monoisotopic (exact) mass is 338 g/mol. The largest absolute Gasteiger partial charge is 0.280 e. The summed E-state index contributed by atoms with van der Waals surface area (Å²) >= 11 is 4.63. The van der Waals surface area contributed by atoms with E-state index in [0.717, 1.165) is 10.0 Å². The van der Waals surface area contributed by atoms with Crippen LogP contribution in [0.1, 0.15) is 25.6 Å². The maximum Gasteiger partial charge on any atom is 0.280 e. The molecule has 1 heterocycles. The fraction of sp³-hybridized carbons (Fsp3) is 0.0769. The zero-order valence-corrected chi connectivity index (χ0v) is 12.5. The average Bonchev–Trinajstić information content (AvgIpc) is 2.83. The predicted octanol–water partition coefficient (Wildman–Crippen LogP) is 2.89. The molecule has 0 saturated heterocycles. The fourth-order valence-electron chi connectivity index (χ4n) is 1.45. The number of aryl methyl sites for hydroxylation is 1.